The van der Waals surface area contributed by atoms with E-state index in [9.17, 15) is 0 Å². The van der Waals surface area contributed by atoms with Gasteiger partial charge in [-0.1, -0.05) is 43.7 Å². The maximum absolute atomic E-state index is 8.22. The zero-order valence-electron chi connectivity index (χ0n) is 13.8. The highest BCUT2D eigenvalue weighted by Gasteiger charge is 2.20. The normalized spacial score (nSPS) is 20.7. The van der Waals surface area contributed by atoms with Gasteiger partial charge in [-0.3, -0.25) is 0 Å². The lowest BCUT2D eigenvalue weighted by molar-refractivity contribution is 0.470. The molecular formula is C20H26N2S. The van der Waals surface area contributed by atoms with Gasteiger partial charge in [-0.2, -0.15) is 0 Å². The van der Waals surface area contributed by atoms with Crippen LogP contribution in [-0.4, -0.2) is 12.3 Å². The lowest BCUT2D eigenvalue weighted by Crippen LogP contribution is -2.21. The van der Waals surface area contributed by atoms with Gasteiger partial charge in [0.1, 0.15) is 0 Å². The van der Waals surface area contributed by atoms with Crippen molar-refractivity contribution >= 4 is 17.0 Å². The highest BCUT2D eigenvalue weighted by Crippen LogP contribution is 2.29. The van der Waals surface area contributed by atoms with Crippen LogP contribution in [0.2, 0.25) is 0 Å². The molecule has 1 aromatic carbocycles. The van der Waals surface area contributed by atoms with Crippen molar-refractivity contribution in [2.75, 3.05) is 6.54 Å². The van der Waals surface area contributed by atoms with E-state index in [1.807, 2.05) is 17.5 Å². The second kappa shape index (κ2) is 7.89. The SMILES string of the molecule is CC1CCC(CNCc2cccc(CC(=N)c3cccs3)c2)C1. The van der Waals surface area contributed by atoms with Crippen LogP contribution in [-0.2, 0) is 13.0 Å². The number of hydrogen-bond acceptors (Lipinski definition) is 3. The Kier molecular flexibility index (Phi) is 5.63. The Morgan fingerprint density at radius 1 is 1.22 bits per heavy atom. The zero-order valence-corrected chi connectivity index (χ0v) is 14.7. The molecule has 1 aromatic heterocycles. The lowest BCUT2D eigenvalue weighted by Gasteiger charge is -2.12. The van der Waals surface area contributed by atoms with E-state index in [-0.39, 0.29) is 0 Å². The zero-order chi connectivity index (χ0) is 16.1. The first-order chi connectivity index (χ1) is 11.2. The highest BCUT2D eigenvalue weighted by atomic mass is 32.1. The second-order valence-corrected chi connectivity index (χ2v) is 7.82. The molecule has 1 aliphatic carbocycles. The van der Waals surface area contributed by atoms with E-state index >= 15 is 0 Å². The van der Waals surface area contributed by atoms with Crippen LogP contribution in [0, 0.1) is 17.2 Å². The molecule has 3 rings (SSSR count). The van der Waals surface area contributed by atoms with E-state index in [1.54, 1.807) is 11.3 Å². The summed E-state index contributed by atoms with van der Waals surface area (Å²) < 4.78 is 0. The van der Waals surface area contributed by atoms with E-state index in [1.165, 1.54) is 30.4 Å². The fraction of sp³-hybridized carbons (Fsp3) is 0.450. The maximum atomic E-state index is 8.22. The van der Waals surface area contributed by atoms with Crippen molar-refractivity contribution in [3.05, 3.63) is 57.8 Å². The minimum atomic E-state index is 0.713. The van der Waals surface area contributed by atoms with Crippen LogP contribution < -0.4 is 5.32 Å². The summed E-state index contributed by atoms with van der Waals surface area (Å²) in [6.07, 6.45) is 4.87. The number of hydrogen-bond donors (Lipinski definition) is 2. The topological polar surface area (TPSA) is 35.9 Å². The summed E-state index contributed by atoms with van der Waals surface area (Å²) in [6.45, 7) is 4.44. The van der Waals surface area contributed by atoms with Crippen LogP contribution in [0.25, 0.3) is 0 Å². The highest BCUT2D eigenvalue weighted by molar-refractivity contribution is 7.12. The Balaban J connectivity index is 1.50. The van der Waals surface area contributed by atoms with Crippen LogP contribution in [0.5, 0.6) is 0 Å². The Labute approximate surface area is 143 Å². The summed E-state index contributed by atoms with van der Waals surface area (Å²) in [5.74, 6) is 1.77. The van der Waals surface area contributed by atoms with E-state index in [4.69, 9.17) is 5.41 Å². The maximum Gasteiger partial charge on any atom is 0.0529 e. The Hall–Kier alpha value is -1.45. The monoisotopic (exact) mass is 326 g/mol. The first kappa shape index (κ1) is 16.4. The number of nitrogens with one attached hydrogen (secondary N) is 2. The molecule has 1 aliphatic rings. The van der Waals surface area contributed by atoms with Crippen molar-refractivity contribution in [3.63, 3.8) is 0 Å². The molecule has 122 valence electrons. The van der Waals surface area contributed by atoms with Gasteiger partial charge in [-0.15, -0.1) is 11.3 Å². The molecule has 3 heteroatoms. The Bertz CT molecular complexity index is 633. The van der Waals surface area contributed by atoms with Gasteiger partial charge in [0.25, 0.3) is 0 Å². The van der Waals surface area contributed by atoms with Gasteiger partial charge < -0.3 is 10.7 Å². The predicted molar refractivity (Wildman–Crippen MR) is 99.5 cm³/mol. The fourth-order valence-corrected chi connectivity index (χ4v) is 4.20. The smallest absolute Gasteiger partial charge is 0.0529 e. The number of rotatable bonds is 7. The fourth-order valence-electron chi connectivity index (χ4n) is 3.52. The molecule has 1 saturated carbocycles. The van der Waals surface area contributed by atoms with Gasteiger partial charge in [0.2, 0.25) is 0 Å². The molecule has 23 heavy (non-hydrogen) atoms. The largest absolute Gasteiger partial charge is 0.312 e. The summed E-state index contributed by atoms with van der Waals surface area (Å²) in [5, 5.41) is 13.9. The average molecular weight is 327 g/mol. The number of thiophene rings is 1. The molecule has 2 aromatic rings. The van der Waals surface area contributed by atoms with Crippen molar-refractivity contribution in [3.8, 4) is 0 Å². The van der Waals surface area contributed by atoms with Crippen molar-refractivity contribution in [2.24, 2.45) is 11.8 Å². The average Bonchev–Trinajstić information content (AvgIpc) is 3.19. The first-order valence-electron chi connectivity index (χ1n) is 8.60. The van der Waals surface area contributed by atoms with E-state index in [0.717, 1.165) is 29.8 Å². The molecule has 0 bridgehead atoms. The van der Waals surface area contributed by atoms with E-state index < -0.39 is 0 Å². The molecule has 2 atom stereocenters. The molecule has 0 aliphatic heterocycles. The lowest BCUT2D eigenvalue weighted by atomic mass is 10.0. The third-order valence-corrected chi connectivity index (χ3v) is 5.69. The molecule has 2 N–H and O–H groups in total. The van der Waals surface area contributed by atoms with Crippen LogP contribution in [0.3, 0.4) is 0 Å². The van der Waals surface area contributed by atoms with Crippen molar-refractivity contribution in [1.29, 1.82) is 5.41 Å². The predicted octanol–water partition coefficient (Wildman–Crippen LogP) is 4.88. The Morgan fingerprint density at radius 2 is 2.09 bits per heavy atom. The van der Waals surface area contributed by atoms with Crippen molar-refractivity contribution in [1.82, 2.24) is 5.32 Å². The van der Waals surface area contributed by atoms with Gasteiger partial charge in [-0.25, -0.2) is 0 Å². The van der Waals surface area contributed by atoms with Gasteiger partial charge in [-0.05, 0) is 53.8 Å². The standard InChI is InChI=1S/C20H26N2S/c1-15-7-8-18(10-15)14-22-13-17-5-2-4-16(11-17)12-19(21)20-6-3-9-23-20/h2-6,9,11,15,18,21-22H,7-8,10,12-14H2,1H3. The minimum Gasteiger partial charge on any atom is -0.312 e. The third-order valence-electron chi connectivity index (χ3n) is 4.76. The van der Waals surface area contributed by atoms with E-state index in [0.29, 0.717) is 12.1 Å². The van der Waals surface area contributed by atoms with Crippen molar-refractivity contribution in [2.45, 2.75) is 39.2 Å². The summed E-state index contributed by atoms with van der Waals surface area (Å²) in [5.41, 5.74) is 3.27. The van der Waals surface area contributed by atoms with Gasteiger partial charge >= 0.3 is 0 Å². The van der Waals surface area contributed by atoms with E-state index in [2.05, 4.69) is 36.5 Å². The van der Waals surface area contributed by atoms with Crippen LogP contribution in [0.1, 0.15) is 42.2 Å². The van der Waals surface area contributed by atoms with Gasteiger partial charge in [0.15, 0.2) is 0 Å². The second-order valence-electron chi connectivity index (χ2n) is 6.87. The van der Waals surface area contributed by atoms with Crippen LogP contribution in [0.4, 0.5) is 0 Å². The summed E-state index contributed by atoms with van der Waals surface area (Å²) >= 11 is 1.65. The molecule has 0 spiro atoms. The molecule has 2 nitrogen and oxygen atoms in total. The molecule has 1 fully saturated rings. The number of benzene rings is 1. The third kappa shape index (κ3) is 4.76. The van der Waals surface area contributed by atoms with Crippen LogP contribution in [0.15, 0.2) is 41.8 Å². The molecule has 1 heterocycles. The molecule has 0 saturated heterocycles. The first-order valence-corrected chi connectivity index (χ1v) is 9.48. The molecule has 2 unspecified atom stereocenters. The Morgan fingerprint density at radius 3 is 2.83 bits per heavy atom. The summed E-state index contributed by atoms with van der Waals surface area (Å²) in [6, 6.07) is 12.7. The minimum absolute atomic E-state index is 0.713. The van der Waals surface area contributed by atoms with Gasteiger partial charge in [0, 0.05) is 17.8 Å². The molecular weight excluding hydrogens is 300 g/mol. The quantitative estimate of drug-likeness (QED) is 0.699. The summed E-state index contributed by atoms with van der Waals surface area (Å²) in [7, 11) is 0. The summed E-state index contributed by atoms with van der Waals surface area (Å²) in [4.78, 5) is 1.07. The van der Waals surface area contributed by atoms with Crippen LogP contribution >= 0.6 is 11.3 Å². The van der Waals surface area contributed by atoms with Crippen molar-refractivity contribution < 1.29 is 0 Å². The molecule has 0 amide bonds. The van der Waals surface area contributed by atoms with Gasteiger partial charge in [0.05, 0.1) is 5.71 Å². The molecule has 0 radical (unpaired) electrons.